The van der Waals surface area contributed by atoms with Gasteiger partial charge in [-0.3, -0.25) is 0 Å². The Hall–Kier alpha value is -1.49. The Morgan fingerprint density at radius 3 is 3.15 bits per heavy atom. The molecule has 0 unspecified atom stereocenters. The molecule has 2 aromatic rings. The van der Waals surface area contributed by atoms with Gasteiger partial charge in [0.15, 0.2) is 0 Å². The van der Waals surface area contributed by atoms with Crippen LogP contribution in [0.5, 0.6) is 5.88 Å². The molecule has 5 heteroatoms. The normalized spacial score (nSPS) is 9.85. The van der Waals surface area contributed by atoms with Crippen molar-refractivity contribution in [1.29, 1.82) is 0 Å². The van der Waals surface area contributed by atoms with E-state index in [1.165, 1.54) is 0 Å². The number of thiazole rings is 1. The summed E-state index contributed by atoms with van der Waals surface area (Å²) >= 11 is 1.55. The molecule has 1 radical (unpaired) electrons. The van der Waals surface area contributed by atoms with Crippen molar-refractivity contribution >= 4 is 11.3 Å². The van der Waals surface area contributed by atoms with Gasteiger partial charge in [0.1, 0.15) is 11.6 Å². The third-order valence-corrected chi connectivity index (χ3v) is 2.09. The maximum absolute atomic E-state index is 5.32. The van der Waals surface area contributed by atoms with Crippen molar-refractivity contribution in [2.45, 2.75) is 6.61 Å². The number of rotatable bonds is 3. The highest BCUT2D eigenvalue weighted by atomic mass is 32.1. The van der Waals surface area contributed by atoms with E-state index in [1.54, 1.807) is 29.8 Å². The minimum Gasteiger partial charge on any atom is -0.470 e. The van der Waals surface area contributed by atoms with Crippen LogP contribution in [0.3, 0.4) is 0 Å². The number of aromatic nitrogens is 3. The SMILES string of the molecule is [c]1nccc(OCc2nccs2)n1. The van der Waals surface area contributed by atoms with Crippen molar-refractivity contribution in [2.75, 3.05) is 0 Å². The van der Waals surface area contributed by atoms with Crippen LogP contribution in [0.4, 0.5) is 0 Å². The number of hydrogen-bond donors (Lipinski definition) is 0. The van der Waals surface area contributed by atoms with Crippen LogP contribution in [0.2, 0.25) is 0 Å². The van der Waals surface area contributed by atoms with Gasteiger partial charge in [0.25, 0.3) is 0 Å². The Bertz CT molecular complexity index is 349. The predicted octanol–water partition coefficient (Wildman–Crippen LogP) is 1.31. The molecule has 0 N–H and O–H groups in total. The molecular formula is C8H6N3OS. The first-order chi connectivity index (χ1) is 6.45. The molecule has 0 bridgehead atoms. The molecule has 0 aliphatic heterocycles. The predicted molar refractivity (Wildman–Crippen MR) is 47.3 cm³/mol. The number of hydrogen-bond acceptors (Lipinski definition) is 5. The second kappa shape index (κ2) is 3.95. The summed E-state index contributed by atoms with van der Waals surface area (Å²) in [7, 11) is 0. The van der Waals surface area contributed by atoms with Crippen molar-refractivity contribution in [3.63, 3.8) is 0 Å². The van der Waals surface area contributed by atoms with Crippen LogP contribution >= 0.6 is 11.3 Å². The maximum atomic E-state index is 5.32. The first-order valence-electron chi connectivity index (χ1n) is 3.65. The molecule has 2 rings (SSSR count). The Kier molecular flexibility index (Phi) is 2.47. The smallest absolute Gasteiger partial charge is 0.217 e. The molecule has 0 saturated heterocycles. The molecule has 0 aromatic carbocycles. The second-order valence-corrected chi connectivity index (χ2v) is 3.19. The molecule has 0 fully saturated rings. The minimum absolute atomic E-state index is 0.447. The van der Waals surface area contributed by atoms with Crippen molar-refractivity contribution in [3.05, 3.63) is 35.2 Å². The molecule has 2 heterocycles. The summed E-state index contributed by atoms with van der Waals surface area (Å²) in [6.45, 7) is 0.447. The molecule has 0 saturated carbocycles. The van der Waals surface area contributed by atoms with E-state index in [4.69, 9.17) is 4.74 Å². The highest BCUT2D eigenvalue weighted by molar-refractivity contribution is 7.09. The Morgan fingerprint density at radius 2 is 2.46 bits per heavy atom. The molecule has 2 aromatic heterocycles. The van der Waals surface area contributed by atoms with Gasteiger partial charge < -0.3 is 4.74 Å². The van der Waals surface area contributed by atoms with E-state index in [1.807, 2.05) is 5.38 Å². The third kappa shape index (κ3) is 2.22. The van der Waals surface area contributed by atoms with Crippen molar-refractivity contribution in [2.24, 2.45) is 0 Å². The molecule has 0 aliphatic rings. The quantitative estimate of drug-likeness (QED) is 0.735. The van der Waals surface area contributed by atoms with E-state index in [0.717, 1.165) is 5.01 Å². The lowest BCUT2D eigenvalue weighted by molar-refractivity contribution is 0.292. The average molecular weight is 192 g/mol. The van der Waals surface area contributed by atoms with Crippen LogP contribution in [0.15, 0.2) is 23.8 Å². The van der Waals surface area contributed by atoms with Crippen molar-refractivity contribution < 1.29 is 4.74 Å². The van der Waals surface area contributed by atoms with Gasteiger partial charge in [-0.1, -0.05) is 0 Å². The fourth-order valence-electron chi connectivity index (χ4n) is 0.790. The topological polar surface area (TPSA) is 47.9 Å². The standard InChI is InChI=1S/C8H6N3OS/c1-2-9-6-11-7(1)12-5-8-10-3-4-13-8/h1-4H,5H2. The van der Waals surface area contributed by atoms with E-state index < -0.39 is 0 Å². The van der Waals surface area contributed by atoms with Crippen LogP contribution < -0.4 is 4.74 Å². The van der Waals surface area contributed by atoms with Crippen LogP contribution in [0, 0.1) is 6.33 Å². The van der Waals surface area contributed by atoms with E-state index in [0.29, 0.717) is 12.5 Å². The summed E-state index contributed by atoms with van der Waals surface area (Å²) in [5.41, 5.74) is 0. The van der Waals surface area contributed by atoms with Gasteiger partial charge in [-0.05, 0) is 0 Å². The lowest BCUT2D eigenvalue weighted by atomic mass is 10.6. The van der Waals surface area contributed by atoms with Gasteiger partial charge in [-0.25, -0.2) is 9.97 Å². The molecule has 13 heavy (non-hydrogen) atoms. The van der Waals surface area contributed by atoms with Gasteiger partial charge in [0.05, 0.1) is 0 Å². The lowest BCUT2D eigenvalue weighted by Crippen LogP contribution is -1.96. The van der Waals surface area contributed by atoms with Crippen molar-refractivity contribution in [3.8, 4) is 5.88 Å². The zero-order valence-corrected chi connectivity index (χ0v) is 7.49. The van der Waals surface area contributed by atoms with Crippen LogP contribution in [-0.4, -0.2) is 15.0 Å². The number of ether oxygens (including phenoxy) is 1. The lowest BCUT2D eigenvalue weighted by Gasteiger charge is -1.99. The van der Waals surface area contributed by atoms with Gasteiger partial charge in [0.2, 0.25) is 12.2 Å². The van der Waals surface area contributed by atoms with E-state index in [9.17, 15) is 0 Å². The minimum atomic E-state index is 0.447. The molecule has 65 valence electrons. The summed E-state index contributed by atoms with van der Waals surface area (Å²) in [6, 6.07) is 1.68. The van der Waals surface area contributed by atoms with E-state index >= 15 is 0 Å². The van der Waals surface area contributed by atoms with Crippen molar-refractivity contribution in [1.82, 2.24) is 15.0 Å². The zero-order valence-electron chi connectivity index (χ0n) is 6.67. The van der Waals surface area contributed by atoms with Crippen LogP contribution in [-0.2, 0) is 6.61 Å². The largest absolute Gasteiger partial charge is 0.470 e. The van der Waals surface area contributed by atoms with Gasteiger partial charge in [0, 0.05) is 23.8 Å². The monoisotopic (exact) mass is 192 g/mol. The summed E-state index contributed by atoms with van der Waals surface area (Å²) in [6.07, 6.45) is 5.78. The van der Waals surface area contributed by atoms with E-state index in [2.05, 4.69) is 21.3 Å². The summed E-state index contributed by atoms with van der Waals surface area (Å²) in [5.74, 6) is 0.519. The molecule has 0 aliphatic carbocycles. The molecule has 0 spiro atoms. The molecule has 0 atom stereocenters. The Labute approximate surface area is 79.3 Å². The Balaban J connectivity index is 1.94. The van der Waals surface area contributed by atoms with Gasteiger partial charge in [-0.2, -0.15) is 4.98 Å². The highest BCUT2D eigenvalue weighted by Crippen LogP contribution is 2.08. The fourth-order valence-corrected chi connectivity index (χ4v) is 1.32. The first-order valence-corrected chi connectivity index (χ1v) is 4.53. The summed E-state index contributed by atoms with van der Waals surface area (Å²) < 4.78 is 5.32. The fraction of sp³-hybridized carbons (Fsp3) is 0.125. The molecular weight excluding hydrogens is 186 g/mol. The number of nitrogens with zero attached hydrogens (tertiary/aromatic N) is 3. The molecule has 0 amide bonds. The highest BCUT2D eigenvalue weighted by Gasteiger charge is 1.97. The van der Waals surface area contributed by atoms with Crippen LogP contribution in [0.1, 0.15) is 5.01 Å². The third-order valence-electron chi connectivity index (χ3n) is 1.34. The summed E-state index contributed by atoms with van der Waals surface area (Å²) in [5, 5.41) is 2.84. The van der Waals surface area contributed by atoms with E-state index in [-0.39, 0.29) is 0 Å². The zero-order chi connectivity index (χ0) is 8.93. The Morgan fingerprint density at radius 1 is 1.46 bits per heavy atom. The van der Waals surface area contributed by atoms with Crippen LogP contribution in [0.25, 0.3) is 0 Å². The average Bonchev–Trinajstić information content (AvgIpc) is 2.69. The summed E-state index contributed by atoms with van der Waals surface area (Å²) in [4.78, 5) is 11.5. The van der Waals surface area contributed by atoms with Gasteiger partial charge in [-0.15, -0.1) is 11.3 Å². The second-order valence-electron chi connectivity index (χ2n) is 2.21. The first kappa shape index (κ1) is 8.12. The maximum Gasteiger partial charge on any atom is 0.217 e. The van der Waals surface area contributed by atoms with Gasteiger partial charge >= 0.3 is 0 Å². The molecule has 4 nitrogen and oxygen atoms in total.